The largest absolute Gasteiger partial charge is 0.395 e. The van der Waals surface area contributed by atoms with Gasteiger partial charge in [-0.15, -0.1) is 0 Å². The van der Waals surface area contributed by atoms with E-state index in [-0.39, 0.29) is 18.1 Å². The topological polar surface area (TPSA) is 40.5 Å². The zero-order valence-corrected chi connectivity index (χ0v) is 10.7. The van der Waals surface area contributed by atoms with E-state index in [1.165, 1.54) is 12.1 Å². The molecule has 0 saturated carbocycles. The maximum absolute atomic E-state index is 13.9. The van der Waals surface area contributed by atoms with Crippen molar-refractivity contribution in [3.8, 4) is 11.8 Å². The van der Waals surface area contributed by atoms with Crippen molar-refractivity contribution in [2.24, 2.45) is 0 Å². The molecule has 1 fully saturated rings. The summed E-state index contributed by atoms with van der Waals surface area (Å²) in [6, 6.07) is 4.39. The molecular weight excluding hydrogens is 245 g/mol. The Hall–Kier alpha value is -1.86. The molecule has 1 heterocycles. The summed E-state index contributed by atoms with van der Waals surface area (Å²) in [4.78, 5) is 13.7. The smallest absolute Gasteiger partial charge is 0.256 e. The van der Waals surface area contributed by atoms with E-state index in [0.29, 0.717) is 25.1 Å². The molecule has 1 saturated heterocycles. The number of carbonyl (C=O) groups is 1. The van der Waals surface area contributed by atoms with Crippen LogP contribution in [0.25, 0.3) is 0 Å². The van der Waals surface area contributed by atoms with Gasteiger partial charge in [-0.1, -0.05) is 11.8 Å². The number of aliphatic hydroxyl groups is 1. The van der Waals surface area contributed by atoms with Gasteiger partial charge in [0, 0.05) is 25.1 Å². The van der Waals surface area contributed by atoms with Gasteiger partial charge in [0.15, 0.2) is 0 Å². The molecule has 0 spiro atoms. The highest BCUT2D eigenvalue weighted by molar-refractivity contribution is 5.94. The number of hydrogen-bond acceptors (Lipinski definition) is 2. The van der Waals surface area contributed by atoms with Crippen molar-refractivity contribution in [2.45, 2.75) is 19.3 Å². The van der Waals surface area contributed by atoms with E-state index in [1.54, 1.807) is 11.0 Å². The number of aliphatic hydroxyl groups excluding tert-OH is 1. The van der Waals surface area contributed by atoms with Crippen molar-refractivity contribution in [3.63, 3.8) is 0 Å². The van der Waals surface area contributed by atoms with Gasteiger partial charge >= 0.3 is 0 Å². The Labute approximate surface area is 112 Å². The molecule has 2 rings (SSSR count). The standard InChI is InChI=1S/C15H16FNO2/c16-14-11-12(5-1-4-10-18)6-7-13(14)15(19)17-8-2-3-9-17/h6-7,11,18H,2-4,8-10H2. The Morgan fingerprint density at radius 3 is 2.74 bits per heavy atom. The molecule has 1 aliphatic rings. The molecule has 0 aliphatic carbocycles. The first-order valence-corrected chi connectivity index (χ1v) is 6.41. The van der Waals surface area contributed by atoms with Crippen LogP contribution in [0.5, 0.6) is 0 Å². The fourth-order valence-corrected chi connectivity index (χ4v) is 2.08. The van der Waals surface area contributed by atoms with E-state index in [2.05, 4.69) is 11.8 Å². The van der Waals surface area contributed by atoms with E-state index >= 15 is 0 Å². The van der Waals surface area contributed by atoms with E-state index in [0.717, 1.165) is 12.8 Å². The molecule has 0 bridgehead atoms. The Bertz CT molecular complexity index is 525. The molecule has 100 valence electrons. The highest BCUT2D eigenvalue weighted by Crippen LogP contribution is 2.16. The van der Waals surface area contributed by atoms with Gasteiger partial charge in [0.05, 0.1) is 12.2 Å². The summed E-state index contributed by atoms with van der Waals surface area (Å²) in [7, 11) is 0. The van der Waals surface area contributed by atoms with E-state index in [9.17, 15) is 9.18 Å². The van der Waals surface area contributed by atoms with Gasteiger partial charge in [-0.3, -0.25) is 4.79 Å². The van der Waals surface area contributed by atoms with E-state index in [1.807, 2.05) is 0 Å². The Morgan fingerprint density at radius 1 is 1.37 bits per heavy atom. The summed E-state index contributed by atoms with van der Waals surface area (Å²) < 4.78 is 13.9. The van der Waals surface area contributed by atoms with Gasteiger partial charge in [0.1, 0.15) is 5.82 Å². The minimum atomic E-state index is -0.535. The SMILES string of the molecule is O=C(c1ccc(C#CCCO)cc1F)N1CCCC1. The van der Waals surface area contributed by atoms with Gasteiger partial charge in [0.25, 0.3) is 5.91 Å². The molecule has 0 radical (unpaired) electrons. The number of halogens is 1. The quantitative estimate of drug-likeness (QED) is 0.825. The first-order chi connectivity index (χ1) is 9.22. The number of rotatable bonds is 2. The minimum absolute atomic E-state index is 0.0129. The van der Waals surface area contributed by atoms with Crippen molar-refractivity contribution in [2.75, 3.05) is 19.7 Å². The Kier molecular flexibility index (Phi) is 4.53. The Morgan fingerprint density at radius 2 is 2.11 bits per heavy atom. The van der Waals surface area contributed by atoms with Crippen LogP contribution < -0.4 is 0 Å². The average molecular weight is 261 g/mol. The fourth-order valence-electron chi connectivity index (χ4n) is 2.08. The van der Waals surface area contributed by atoms with Crippen LogP contribution in [0.15, 0.2) is 18.2 Å². The number of hydrogen-bond donors (Lipinski definition) is 1. The van der Waals surface area contributed by atoms with Gasteiger partial charge in [0.2, 0.25) is 0 Å². The van der Waals surface area contributed by atoms with E-state index < -0.39 is 5.82 Å². The second-order valence-electron chi connectivity index (χ2n) is 4.47. The zero-order chi connectivity index (χ0) is 13.7. The molecule has 0 aromatic heterocycles. The van der Waals surface area contributed by atoms with Crippen LogP contribution in [0.3, 0.4) is 0 Å². The first-order valence-electron chi connectivity index (χ1n) is 6.41. The van der Waals surface area contributed by atoms with Gasteiger partial charge in [-0.05, 0) is 31.0 Å². The van der Waals surface area contributed by atoms with Crippen molar-refractivity contribution in [1.82, 2.24) is 4.90 Å². The molecule has 1 amide bonds. The van der Waals surface area contributed by atoms with Crippen molar-refractivity contribution in [1.29, 1.82) is 0 Å². The Balaban J connectivity index is 2.15. The molecule has 1 aromatic rings. The van der Waals surface area contributed by atoms with Crippen LogP contribution in [0.2, 0.25) is 0 Å². The van der Waals surface area contributed by atoms with E-state index in [4.69, 9.17) is 5.11 Å². The number of likely N-dealkylation sites (tertiary alicyclic amines) is 1. The molecule has 0 unspecified atom stereocenters. The van der Waals surface area contributed by atoms with Gasteiger partial charge in [-0.25, -0.2) is 4.39 Å². The predicted molar refractivity (Wildman–Crippen MR) is 70.1 cm³/mol. The van der Waals surface area contributed by atoms with Crippen molar-refractivity contribution in [3.05, 3.63) is 35.1 Å². The zero-order valence-electron chi connectivity index (χ0n) is 10.7. The molecule has 1 N–H and O–H groups in total. The summed E-state index contributed by atoms with van der Waals surface area (Å²) in [5, 5.41) is 8.61. The number of amides is 1. The van der Waals surface area contributed by atoms with Crippen LogP contribution in [0.4, 0.5) is 4.39 Å². The highest BCUT2D eigenvalue weighted by Gasteiger charge is 2.21. The molecule has 1 aromatic carbocycles. The third-order valence-electron chi connectivity index (χ3n) is 3.06. The highest BCUT2D eigenvalue weighted by atomic mass is 19.1. The number of nitrogens with zero attached hydrogens (tertiary/aromatic N) is 1. The molecule has 0 atom stereocenters. The lowest BCUT2D eigenvalue weighted by molar-refractivity contribution is 0.0788. The summed E-state index contributed by atoms with van der Waals surface area (Å²) in [6.45, 7) is 1.40. The predicted octanol–water partition coefficient (Wildman–Crippen LogP) is 1.80. The minimum Gasteiger partial charge on any atom is -0.395 e. The summed E-state index contributed by atoms with van der Waals surface area (Å²) in [6.07, 6.45) is 2.33. The second kappa shape index (κ2) is 6.35. The molecule has 3 nitrogen and oxygen atoms in total. The lowest BCUT2D eigenvalue weighted by atomic mass is 10.1. The normalized spacial score (nSPS) is 14.1. The monoisotopic (exact) mass is 261 g/mol. The summed E-state index contributed by atoms with van der Waals surface area (Å²) in [5.41, 5.74) is 0.624. The third-order valence-corrected chi connectivity index (χ3v) is 3.06. The lowest BCUT2D eigenvalue weighted by Gasteiger charge is -2.15. The maximum Gasteiger partial charge on any atom is 0.256 e. The van der Waals surface area contributed by atoms with Crippen molar-refractivity contribution < 1.29 is 14.3 Å². The summed E-state index contributed by atoms with van der Waals surface area (Å²) >= 11 is 0. The first kappa shape index (κ1) is 13.6. The van der Waals surface area contributed by atoms with Crippen LogP contribution in [0.1, 0.15) is 35.2 Å². The fraction of sp³-hybridized carbons (Fsp3) is 0.400. The number of benzene rings is 1. The molecule has 4 heteroatoms. The van der Waals surface area contributed by atoms with Gasteiger partial charge in [-0.2, -0.15) is 0 Å². The lowest BCUT2D eigenvalue weighted by Crippen LogP contribution is -2.28. The third kappa shape index (κ3) is 3.33. The molecule has 19 heavy (non-hydrogen) atoms. The second-order valence-corrected chi connectivity index (χ2v) is 4.47. The molecule has 1 aliphatic heterocycles. The van der Waals surface area contributed by atoms with Crippen LogP contribution in [0, 0.1) is 17.7 Å². The number of carbonyl (C=O) groups excluding carboxylic acids is 1. The maximum atomic E-state index is 13.9. The van der Waals surface area contributed by atoms with Gasteiger partial charge < -0.3 is 10.0 Å². The van der Waals surface area contributed by atoms with Crippen LogP contribution in [-0.2, 0) is 0 Å². The van der Waals surface area contributed by atoms with Crippen LogP contribution >= 0.6 is 0 Å². The summed E-state index contributed by atoms with van der Waals surface area (Å²) in [5.74, 6) is 4.69. The van der Waals surface area contributed by atoms with Crippen molar-refractivity contribution >= 4 is 5.91 Å². The van der Waals surface area contributed by atoms with Crippen LogP contribution in [-0.4, -0.2) is 35.6 Å². The molecular formula is C15H16FNO2. The average Bonchev–Trinajstić information content (AvgIpc) is 2.92.